The smallest absolute Gasteiger partial charge is 0.220 e. The minimum atomic E-state index is -1.79. The number of ether oxygens (including phenoxy) is 4. The quantitative estimate of drug-likeness (QED) is 0.0204. The Morgan fingerprint density at radius 1 is 0.461 bits per heavy atom. The molecule has 0 saturated carbocycles. The summed E-state index contributed by atoms with van der Waals surface area (Å²) in [5, 5.41) is 87.1. The van der Waals surface area contributed by atoms with Gasteiger partial charge < -0.3 is 65.1 Å². The number of rotatable bonds is 51. The van der Waals surface area contributed by atoms with Gasteiger partial charge >= 0.3 is 0 Å². The topological polar surface area (TPSA) is 228 Å². The molecule has 2 heterocycles. The zero-order chi connectivity index (χ0) is 55.3. The van der Waals surface area contributed by atoms with E-state index in [4.69, 9.17) is 18.9 Å². The number of unbranched alkanes of at least 4 members (excludes halogenated alkanes) is 36. The first kappa shape index (κ1) is 70.6. The molecule has 2 saturated heterocycles. The van der Waals surface area contributed by atoms with E-state index in [2.05, 4.69) is 31.3 Å². The van der Waals surface area contributed by atoms with Crippen molar-refractivity contribution in [2.75, 3.05) is 19.8 Å². The third kappa shape index (κ3) is 33.3. The van der Waals surface area contributed by atoms with Crippen molar-refractivity contribution in [3.63, 3.8) is 0 Å². The maximum absolute atomic E-state index is 13.3. The second-order valence-corrected chi connectivity index (χ2v) is 22.5. The molecule has 448 valence electrons. The van der Waals surface area contributed by atoms with Crippen molar-refractivity contribution in [2.45, 2.75) is 344 Å². The first-order valence-corrected chi connectivity index (χ1v) is 31.6. The van der Waals surface area contributed by atoms with Crippen molar-refractivity contribution >= 4 is 5.91 Å². The van der Waals surface area contributed by atoms with Gasteiger partial charge in [-0.15, -0.1) is 0 Å². The van der Waals surface area contributed by atoms with Crippen molar-refractivity contribution in [3.05, 3.63) is 24.3 Å². The van der Waals surface area contributed by atoms with E-state index in [1.165, 1.54) is 205 Å². The van der Waals surface area contributed by atoms with Crippen molar-refractivity contribution in [3.8, 4) is 0 Å². The Labute approximate surface area is 462 Å². The SMILES string of the molecule is CCCCCCCCCC/C=C\CCCCCCCCCCCCCCCCCCCC(=O)NC(COC1OC(CO)C(OC2OC(CO)C(O)C(O)C2O)C(O)C1O)C(O)/C=C/CCCCCCCCCCCCC. The van der Waals surface area contributed by atoms with Crippen LogP contribution in [-0.2, 0) is 23.7 Å². The Bertz CT molecular complexity index is 1370. The zero-order valence-electron chi connectivity index (χ0n) is 48.3. The fraction of sp³-hybridized carbons (Fsp3) is 0.919. The molecule has 0 aliphatic carbocycles. The summed E-state index contributed by atoms with van der Waals surface area (Å²) in [4.78, 5) is 13.3. The Hall–Kier alpha value is -1.53. The van der Waals surface area contributed by atoms with Gasteiger partial charge in [0.05, 0.1) is 32.0 Å². The maximum Gasteiger partial charge on any atom is 0.220 e. The van der Waals surface area contributed by atoms with Gasteiger partial charge in [0.25, 0.3) is 0 Å². The lowest BCUT2D eigenvalue weighted by molar-refractivity contribution is -0.359. The van der Waals surface area contributed by atoms with Crippen LogP contribution < -0.4 is 5.32 Å². The average molecular weight is 1080 g/mol. The van der Waals surface area contributed by atoms with Gasteiger partial charge in [-0.2, -0.15) is 0 Å². The van der Waals surface area contributed by atoms with Crippen LogP contribution in [-0.4, -0.2) is 140 Å². The van der Waals surface area contributed by atoms with E-state index < -0.39 is 86.8 Å². The minimum Gasteiger partial charge on any atom is -0.394 e. The summed E-state index contributed by atoms with van der Waals surface area (Å²) in [7, 11) is 0. The molecule has 1 amide bonds. The molecule has 0 bridgehead atoms. The monoisotopic (exact) mass is 1080 g/mol. The lowest BCUT2D eigenvalue weighted by atomic mass is 9.97. The van der Waals surface area contributed by atoms with Crippen LogP contribution in [0.2, 0.25) is 0 Å². The Morgan fingerprint density at radius 2 is 0.829 bits per heavy atom. The highest BCUT2D eigenvalue weighted by Gasteiger charge is 2.51. The second-order valence-electron chi connectivity index (χ2n) is 22.5. The predicted molar refractivity (Wildman–Crippen MR) is 305 cm³/mol. The highest BCUT2D eigenvalue weighted by molar-refractivity contribution is 5.76. The molecule has 76 heavy (non-hydrogen) atoms. The van der Waals surface area contributed by atoms with Gasteiger partial charge in [-0.05, 0) is 44.9 Å². The first-order valence-electron chi connectivity index (χ1n) is 31.6. The lowest BCUT2D eigenvalue weighted by Gasteiger charge is -2.46. The van der Waals surface area contributed by atoms with Gasteiger partial charge in [-0.3, -0.25) is 4.79 Å². The van der Waals surface area contributed by atoms with Crippen LogP contribution in [0, 0.1) is 0 Å². The van der Waals surface area contributed by atoms with Gasteiger partial charge in [-0.1, -0.05) is 244 Å². The Balaban J connectivity index is 1.66. The van der Waals surface area contributed by atoms with Gasteiger partial charge in [0.2, 0.25) is 5.91 Å². The molecule has 2 rings (SSSR count). The molecule has 9 N–H and O–H groups in total. The van der Waals surface area contributed by atoms with Gasteiger partial charge in [0.15, 0.2) is 12.6 Å². The molecular weight excluding hydrogens is 967 g/mol. The summed E-state index contributed by atoms with van der Waals surface area (Å²) < 4.78 is 22.8. The van der Waals surface area contributed by atoms with Crippen LogP contribution in [0.15, 0.2) is 24.3 Å². The summed E-state index contributed by atoms with van der Waals surface area (Å²) >= 11 is 0. The third-order valence-corrected chi connectivity index (χ3v) is 15.6. The van der Waals surface area contributed by atoms with Crippen LogP contribution in [0.1, 0.15) is 271 Å². The number of allylic oxidation sites excluding steroid dienone is 3. The van der Waals surface area contributed by atoms with Crippen LogP contribution in [0.3, 0.4) is 0 Å². The first-order chi connectivity index (χ1) is 37.1. The molecule has 0 aromatic rings. The van der Waals surface area contributed by atoms with Crippen LogP contribution in [0.5, 0.6) is 0 Å². The van der Waals surface area contributed by atoms with E-state index in [0.29, 0.717) is 6.42 Å². The minimum absolute atomic E-state index is 0.236. The van der Waals surface area contributed by atoms with Gasteiger partial charge in [-0.25, -0.2) is 0 Å². The number of hydrogen-bond acceptors (Lipinski definition) is 13. The van der Waals surface area contributed by atoms with Crippen molar-refractivity contribution in [1.29, 1.82) is 0 Å². The van der Waals surface area contributed by atoms with Crippen LogP contribution in [0.4, 0.5) is 0 Å². The number of carbonyl (C=O) groups excluding carboxylic acids is 1. The fourth-order valence-electron chi connectivity index (χ4n) is 10.5. The van der Waals surface area contributed by atoms with E-state index in [9.17, 15) is 45.6 Å². The van der Waals surface area contributed by atoms with Crippen molar-refractivity contribution in [2.24, 2.45) is 0 Å². The summed E-state index contributed by atoms with van der Waals surface area (Å²) in [5.74, 6) is -0.236. The molecule has 0 aromatic heterocycles. The molecule has 2 fully saturated rings. The number of nitrogens with one attached hydrogen (secondary N) is 1. The largest absolute Gasteiger partial charge is 0.394 e. The molecule has 14 nitrogen and oxygen atoms in total. The zero-order valence-corrected chi connectivity index (χ0v) is 48.3. The molecule has 0 radical (unpaired) electrons. The normalized spacial score (nSPS) is 25.0. The van der Waals surface area contributed by atoms with Crippen LogP contribution in [0.25, 0.3) is 0 Å². The van der Waals surface area contributed by atoms with E-state index in [-0.39, 0.29) is 18.9 Å². The number of aliphatic hydroxyl groups excluding tert-OH is 8. The maximum atomic E-state index is 13.3. The summed E-state index contributed by atoms with van der Waals surface area (Å²) in [6.45, 7) is 2.81. The predicted octanol–water partition coefficient (Wildman–Crippen LogP) is 11.2. The van der Waals surface area contributed by atoms with E-state index in [1.807, 2.05) is 6.08 Å². The Kier molecular flexibility index (Phi) is 44.8. The second kappa shape index (κ2) is 48.2. The molecule has 14 heteroatoms. The standard InChI is InChI=1S/C62H117NO13/c1-3-5-7-9-11-13-15-17-18-19-20-21-22-23-24-25-26-27-28-29-30-31-32-34-36-38-40-42-44-46-54(67)63-50(51(66)45-43-41-39-37-35-33-16-14-12-10-8-6-4-2)49-73-61-59(72)57(70)60(53(48-65)75-61)76-62-58(71)56(69)55(68)52(47-64)74-62/h19-20,43,45,50-53,55-62,64-66,68-72H,3-18,21-42,44,46-49H2,1-2H3,(H,63,67)/b20-19-,45-43+. The summed E-state index contributed by atoms with van der Waals surface area (Å²) in [6, 6.07) is -0.911. The van der Waals surface area contributed by atoms with E-state index in [1.54, 1.807) is 6.08 Å². The highest BCUT2D eigenvalue weighted by atomic mass is 16.7. The van der Waals surface area contributed by atoms with E-state index in [0.717, 1.165) is 38.5 Å². The third-order valence-electron chi connectivity index (χ3n) is 15.6. The molecule has 2 aliphatic heterocycles. The van der Waals surface area contributed by atoms with Crippen molar-refractivity contribution in [1.82, 2.24) is 5.32 Å². The number of aliphatic hydroxyl groups is 8. The molecule has 12 unspecified atom stereocenters. The summed E-state index contributed by atoms with van der Waals surface area (Å²) in [6.07, 6.45) is 40.9. The van der Waals surface area contributed by atoms with Crippen LogP contribution >= 0.6 is 0 Å². The van der Waals surface area contributed by atoms with Crippen molar-refractivity contribution < 1.29 is 64.6 Å². The number of carbonyl (C=O) groups is 1. The fourth-order valence-corrected chi connectivity index (χ4v) is 10.5. The molecule has 0 spiro atoms. The highest BCUT2D eigenvalue weighted by Crippen LogP contribution is 2.30. The molecule has 12 atom stereocenters. The number of hydrogen-bond donors (Lipinski definition) is 9. The summed E-state index contributed by atoms with van der Waals surface area (Å²) in [5.41, 5.74) is 0. The molecule has 2 aliphatic rings. The van der Waals surface area contributed by atoms with Gasteiger partial charge in [0, 0.05) is 6.42 Å². The Morgan fingerprint density at radius 3 is 1.25 bits per heavy atom. The van der Waals surface area contributed by atoms with E-state index >= 15 is 0 Å². The van der Waals surface area contributed by atoms with Gasteiger partial charge in [0.1, 0.15) is 48.8 Å². The molecular formula is C62H117NO13. The lowest BCUT2D eigenvalue weighted by Crippen LogP contribution is -2.65. The number of amides is 1. The molecule has 0 aromatic carbocycles. The average Bonchev–Trinajstić information content (AvgIpc) is 3.42.